The summed E-state index contributed by atoms with van der Waals surface area (Å²) in [5, 5.41) is 0. The number of methoxy groups -OCH3 is 1. The first kappa shape index (κ1) is 11.7. The maximum Gasteiger partial charge on any atom is 0.228 e. The molecule has 5 nitrogen and oxygen atoms in total. The number of anilines is 1. The van der Waals surface area contributed by atoms with Crippen LogP contribution in [0, 0.1) is 0 Å². The van der Waals surface area contributed by atoms with Crippen LogP contribution in [0.3, 0.4) is 0 Å². The zero-order chi connectivity index (χ0) is 11.3. The van der Waals surface area contributed by atoms with Gasteiger partial charge in [0.15, 0.2) is 0 Å². The zero-order valence-corrected chi connectivity index (χ0v) is 9.47. The van der Waals surface area contributed by atoms with E-state index in [4.69, 9.17) is 10.5 Å². The summed E-state index contributed by atoms with van der Waals surface area (Å²) >= 11 is 0. The molecule has 2 N–H and O–H groups in total. The summed E-state index contributed by atoms with van der Waals surface area (Å²) in [7, 11) is 1.59. The number of nitrogens with zero attached hydrogens (tertiary/aromatic N) is 3. The highest BCUT2D eigenvalue weighted by Gasteiger charge is 2.12. The van der Waals surface area contributed by atoms with Crippen molar-refractivity contribution in [1.82, 2.24) is 9.97 Å². The van der Waals surface area contributed by atoms with E-state index in [1.165, 1.54) is 0 Å². The molecule has 0 saturated carbocycles. The second-order valence-electron chi connectivity index (χ2n) is 3.47. The summed E-state index contributed by atoms with van der Waals surface area (Å²) in [5.74, 6) is 1.23. The molecular formula is C10H18N4O. The van der Waals surface area contributed by atoms with Crippen LogP contribution in [0.5, 0.6) is 5.88 Å². The van der Waals surface area contributed by atoms with E-state index in [9.17, 15) is 0 Å². The third kappa shape index (κ3) is 3.06. The Balaban J connectivity index is 2.89. The number of hydrogen-bond acceptors (Lipinski definition) is 5. The van der Waals surface area contributed by atoms with Gasteiger partial charge in [-0.25, -0.2) is 4.98 Å². The van der Waals surface area contributed by atoms with Crippen molar-refractivity contribution >= 4 is 5.95 Å². The van der Waals surface area contributed by atoms with E-state index in [2.05, 4.69) is 23.8 Å². The Morgan fingerprint density at radius 3 is 2.80 bits per heavy atom. The van der Waals surface area contributed by atoms with Crippen LogP contribution in [0.25, 0.3) is 0 Å². The van der Waals surface area contributed by atoms with Crippen molar-refractivity contribution < 1.29 is 4.74 Å². The van der Waals surface area contributed by atoms with Crippen molar-refractivity contribution in [3.05, 3.63) is 12.3 Å². The molecular weight excluding hydrogens is 192 g/mol. The Morgan fingerprint density at radius 1 is 1.53 bits per heavy atom. The molecule has 0 atom stereocenters. The molecule has 84 valence electrons. The maximum absolute atomic E-state index is 5.55. The minimum atomic E-state index is 0.320. The SMILES string of the molecule is COc1ccnc(N(CCN)C(C)C)n1. The van der Waals surface area contributed by atoms with Crippen molar-refractivity contribution in [2.24, 2.45) is 5.73 Å². The Labute approximate surface area is 90.3 Å². The molecule has 0 aliphatic carbocycles. The Kier molecular flexibility index (Phi) is 4.30. The molecule has 1 rings (SSSR count). The van der Waals surface area contributed by atoms with Crippen LogP contribution in [0.4, 0.5) is 5.95 Å². The van der Waals surface area contributed by atoms with E-state index in [-0.39, 0.29) is 0 Å². The third-order valence-corrected chi connectivity index (χ3v) is 2.08. The van der Waals surface area contributed by atoms with Crippen LogP contribution in [0.15, 0.2) is 12.3 Å². The second-order valence-corrected chi connectivity index (χ2v) is 3.47. The van der Waals surface area contributed by atoms with Gasteiger partial charge in [0.25, 0.3) is 0 Å². The lowest BCUT2D eigenvalue weighted by atomic mass is 10.3. The summed E-state index contributed by atoms with van der Waals surface area (Å²) in [6.07, 6.45) is 1.69. The fourth-order valence-corrected chi connectivity index (χ4v) is 1.31. The molecule has 0 aromatic carbocycles. The molecule has 0 aliphatic rings. The molecule has 1 aromatic rings. The molecule has 0 aliphatic heterocycles. The molecule has 0 radical (unpaired) electrons. The van der Waals surface area contributed by atoms with E-state index in [0.717, 1.165) is 6.54 Å². The van der Waals surface area contributed by atoms with Crippen LogP contribution in [0.2, 0.25) is 0 Å². The lowest BCUT2D eigenvalue weighted by Crippen LogP contribution is -2.36. The van der Waals surface area contributed by atoms with Crippen molar-refractivity contribution in [2.45, 2.75) is 19.9 Å². The van der Waals surface area contributed by atoms with Crippen molar-refractivity contribution in [2.75, 3.05) is 25.1 Å². The average molecular weight is 210 g/mol. The van der Waals surface area contributed by atoms with E-state index in [1.54, 1.807) is 19.4 Å². The Hall–Kier alpha value is -1.36. The minimum Gasteiger partial charge on any atom is -0.481 e. The number of nitrogens with two attached hydrogens (primary N) is 1. The molecule has 0 amide bonds. The first-order valence-corrected chi connectivity index (χ1v) is 5.02. The van der Waals surface area contributed by atoms with Crippen molar-refractivity contribution in [1.29, 1.82) is 0 Å². The van der Waals surface area contributed by atoms with Crippen LogP contribution >= 0.6 is 0 Å². The highest BCUT2D eigenvalue weighted by Crippen LogP contribution is 2.13. The second kappa shape index (κ2) is 5.50. The topological polar surface area (TPSA) is 64.3 Å². The minimum absolute atomic E-state index is 0.320. The number of ether oxygens (including phenoxy) is 1. The van der Waals surface area contributed by atoms with E-state index >= 15 is 0 Å². The predicted molar refractivity (Wildman–Crippen MR) is 60.1 cm³/mol. The first-order chi connectivity index (χ1) is 7.19. The molecule has 1 heterocycles. The Morgan fingerprint density at radius 2 is 2.27 bits per heavy atom. The zero-order valence-electron chi connectivity index (χ0n) is 9.47. The predicted octanol–water partition coefficient (Wildman–Crippen LogP) is 0.659. The van der Waals surface area contributed by atoms with Gasteiger partial charge in [-0.15, -0.1) is 0 Å². The van der Waals surface area contributed by atoms with Gasteiger partial charge in [-0.3, -0.25) is 0 Å². The summed E-state index contributed by atoms with van der Waals surface area (Å²) in [4.78, 5) is 10.5. The van der Waals surface area contributed by atoms with Gasteiger partial charge in [0.2, 0.25) is 11.8 Å². The third-order valence-electron chi connectivity index (χ3n) is 2.08. The van der Waals surface area contributed by atoms with E-state index in [0.29, 0.717) is 24.4 Å². The normalized spacial score (nSPS) is 10.5. The largest absolute Gasteiger partial charge is 0.481 e. The lowest BCUT2D eigenvalue weighted by Gasteiger charge is -2.25. The van der Waals surface area contributed by atoms with Gasteiger partial charge >= 0.3 is 0 Å². The molecule has 0 fully saturated rings. The summed E-state index contributed by atoms with van der Waals surface area (Å²) in [5.41, 5.74) is 5.55. The van der Waals surface area contributed by atoms with E-state index < -0.39 is 0 Å². The first-order valence-electron chi connectivity index (χ1n) is 5.02. The van der Waals surface area contributed by atoms with Crippen LogP contribution in [-0.2, 0) is 0 Å². The van der Waals surface area contributed by atoms with Crippen LogP contribution < -0.4 is 15.4 Å². The number of rotatable bonds is 5. The number of hydrogen-bond donors (Lipinski definition) is 1. The quantitative estimate of drug-likeness (QED) is 0.773. The van der Waals surface area contributed by atoms with Crippen molar-refractivity contribution in [3.8, 4) is 5.88 Å². The molecule has 5 heteroatoms. The summed E-state index contributed by atoms with van der Waals surface area (Å²) in [6.45, 7) is 5.49. The van der Waals surface area contributed by atoms with Gasteiger partial charge in [-0.1, -0.05) is 0 Å². The van der Waals surface area contributed by atoms with Gasteiger partial charge in [0.1, 0.15) is 0 Å². The summed E-state index contributed by atoms with van der Waals surface area (Å²) in [6, 6.07) is 2.05. The van der Waals surface area contributed by atoms with Gasteiger partial charge in [-0.2, -0.15) is 4.98 Å². The molecule has 15 heavy (non-hydrogen) atoms. The maximum atomic E-state index is 5.55. The fourth-order valence-electron chi connectivity index (χ4n) is 1.31. The van der Waals surface area contributed by atoms with Crippen LogP contribution in [-0.4, -0.2) is 36.2 Å². The molecule has 0 bridgehead atoms. The van der Waals surface area contributed by atoms with Gasteiger partial charge in [0, 0.05) is 31.4 Å². The van der Waals surface area contributed by atoms with Gasteiger partial charge in [-0.05, 0) is 13.8 Å². The van der Waals surface area contributed by atoms with Gasteiger partial charge < -0.3 is 15.4 Å². The summed E-state index contributed by atoms with van der Waals surface area (Å²) < 4.78 is 5.05. The molecule has 0 saturated heterocycles. The highest BCUT2D eigenvalue weighted by atomic mass is 16.5. The van der Waals surface area contributed by atoms with Gasteiger partial charge in [0.05, 0.1) is 7.11 Å². The molecule has 0 unspecified atom stereocenters. The van der Waals surface area contributed by atoms with E-state index in [1.807, 2.05) is 4.90 Å². The highest BCUT2D eigenvalue weighted by molar-refractivity contribution is 5.33. The van der Waals surface area contributed by atoms with Crippen molar-refractivity contribution in [3.63, 3.8) is 0 Å². The van der Waals surface area contributed by atoms with Crippen LogP contribution in [0.1, 0.15) is 13.8 Å². The standard InChI is InChI=1S/C10H18N4O/c1-8(2)14(7-5-11)10-12-6-4-9(13-10)15-3/h4,6,8H,5,7,11H2,1-3H3. The molecule has 0 spiro atoms. The smallest absolute Gasteiger partial charge is 0.228 e. The molecule has 1 aromatic heterocycles. The fraction of sp³-hybridized carbons (Fsp3) is 0.600. The number of aromatic nitrogens is 2. The average Bonchev–Trinajstić information content (AvgIpc) is 2.25. The lowest BCUT2D eigenvalue weighted by molar-refractivity contribution is 0.396. The Bertz CT molecular complexity index is 303. The monoisotopic (exact) mass is 210 g/mol.